The summed E-state index contributed by atoms with van der Waals surface area (Å²) < 4.78 is 5.63. The lowest BCUT2D eigenvalue weighted by molar-refractivity contribution is -0.141. The van der Waals surface area contributed by atoms with E-state index in [-0.39, 0.29) is 30.5 Å². The molecule has 2 rings (SSSR count). The molecule has 1 saturated carbocycles. The lowest BCUT2D eigenvalue weighted by Gasteiger charge is -2.33. The molecule has 2 aliphatic rings. The number of likely N-dealkylation sites (tertiary alicyclic amines) is 1. The van der Waals surface area contributed by atoms with Crippen LogP contribution in [0.25, 0.3) is 0 Å². The van der Waals surface area contributed by atoms with E-state index in [0.29, 0.717) is 5.92 Å². The fraction of sp³-hybridized carbons (Fsp3) is 0.867. The van der Waals surface area contributed by atoms with E-state index in [2.05, 4.69) is 20.8 Å². The van der Waals surface area contributed by atoms with Gasteiger partial charge in [-0.25, -0.2) is 9.59 Å². The topological polar surface area (TPSA) is 92.9 Å². The minimum Gasteiger partial charge on any atom is -0.480 e. The average Bonchev–Trinajstić information content (AvgIpc) is 2.94. The van der Waals surface area contributed by atoms with Crippen molar-refractivity contribution in [1.82, 2.24) is 4.90 Å². The zero-order valence-electron chi connectivity index (χ0n) is 13.0. The smallest absolute Gasteiger partial charge is 0.410 e. The van der Waals surface area contributed by atoms with E-state index in [1.807, 2.05) is 0 Å². The summed E-state index contributed by atoms with van der Waals surface area (Å²) >= 11 is 0. The molecule has 21 heavy (non-hydrogen) atoms. The van der Waals surface area contributed by atoms with Gasteiger partial charge in [0.05, 0.1) is 0 Å². The molecule has 0 radical (unpaired) electrons. The van der Waals surface area contributed by atoms with Crippen molar-refractivity contribution in [2.75, 3.05) is 6.54 Å². The monoisotopic (exact) mass is 298 g/mol. The van der Waals surface area contributed by atoms with Gasteiger partial charge >= 0.3 is 12.1 Å². The van der Waals surface area contributed by atoms with Crippen molar-refractivity contribution in [3.05, 3.63) is 0 Å². The summed E-state index contributed by atoms with van der Waals surface area (Å²) in [5, 5.41) is 9.19. The molecule has 0 aromatic heterocycles. The highest BCUT2D eigenvalue weighted by atomic mass is 16.6. The molecule has 1 saturated heterocycles. The van der Waals surface area contributed by atoms with Crippen LogP contribution in [0.1, 0.15) is 46.5 Å². The van der Waals surface area contributed by atoms with Crippen molar-refractivity contribution in [2.45, 2.75) is 64.6 Å². The van der Waals surface area contributed by atoms with E-state index in [9.17, 15) is 14.7 Å². The first-order valence-electron chi connectivity index (χ1n) is 7.65. The maximum absolute atomic E-state index is 12.3. The Morgan fingerprint density at radius 1 is 1.29 bits per heavy atom. The van der Waals surface area contributed by atoms with E-state index in [4.69, 9.17) is 10.5 Å². The SMILES string of the molecule is CC(C)(C)C1CCCC1OC(=O)N1C[C@@H](N)C[C@H]1C(=O)O. The molecule has 6 nitrogen and oxygen atoms in total. The molecule has 2 unspecified atom stereocenters. The normalized spacial score (nSPS) is 33.2. The van der Waals surface area contributed by atoms with Crippen LogP contribution in [0.3, 0.4) is 0 Å². The van der Waals surface area contributed by atoms with Crippen molar-refractivity contribution in [1.29, 1.82) is 0 Å². The Kier molecular flexibility index (Phi) is 4.46. The number of carbonyl (C=O) groups excluding carboxylic acids is 1. The van der Waals surface area contributed by atoms with Crippen LogP contribution in [-0.4, -0.2) is 46.8 Å². The van der Waals surface area contributed by atoms with Gasteiger partial charge in [-0.2, -0.15) is 0 Å². The van der Waals surface area contributed by atoms with Gasteiger partial charge in [0.1, 0.15) is 12.1 Å². The van der Waals surface area contributed by atoms with Gasteiger partial charge in [-0.15, -0.1) is 0 Å². The first-order valence-corrected chi connectivity index (χ1v) is 7.65. The second-order valence-corrected chi connectivity index (χ2v) is 7.33. The second-order valence-electron chi connectivity index (χ2n) is 7.33. The number of amides is 1. The van der Waals surface area contributed by atoms with Crippen molar-refractivity contribution in [3.8, 4) is 0 Å². The Hall–Kier alpha value is -1.30. The summed E-state index contributed by atoms with van der Waals surface area (Å²) in [5.74, 6) is -0.695. The summed E-state index contributed by atoms with van der Waals surface area (Å²) in [6, 6.07) is -1.15. The van der Waals surface area contributed by atoms with Gasteiger partial charge in [0.25, 0.3) is 0 Å². The first-order chi connectivity index (χ1) is 9.70. The van der Waals surface area contributed by atoms with Crippen LogP contribution in [0.5, 0.6) is 0 Å². The Labute approximate surface area is 125 Å². The Balaban J connectivity index is 2.02. The van der Waals surface area contributed by atoms with Crippen molar-refractivity contribution < 1.29 is 19.4 Å². The molecule has 4 atom stereocenters. The molecule has 0 aromatic carbocycles. The maximum atomic E-state index is 12.3. The predicted octanol–water partition coefficient (Wildman–Crippen LogP) is 1.82. The van der Waals surface area contributed by atoms with E-state index >= 15 is 0 Å². The van der Waals surface area contributed by atoms with Crippen molar-refractivity contribution in [3.63, 3.8) is 0 Å². The first kappa shape index (κ1) is 16.1. The molecule has 2 fully saturated rings. The number of hydrogen-bond acceptors (Lipinski definition) is 4. The zero-order chi connectivity index (χ0) is 15.8. The Bertz CT molecular complexity index is 418. The van der Waals surface area contributed by atoms with Crippen LogP contribution in [-0.2, 0) is 9.53 Å². The van der Waals surface area contributed by atoms with Gasteiger partial charge in [-0.1, -0.05) is 20.8 Å². The summed E-state index contributed by atoms with van der Waals surface area (Å²) in [5.41, 5.74) is 5.86. The van der Waals surface area contributed by atoms with Gasteiger partial charge < -0.3 is 15.6 Å². The summed E-state index contributed by atoms with van der Waals surface area (Å²) in [7, 11) is 0. The summed E-state index contributed by atoms with van der Waals surface area (Å²) in [6.07, 6.45) is 2.58. The van der Waals surface area contributed by atoms with Crippen LogP contribution in [0.15, 0.2) is 0 Å². The van der Waals surface area contributed by atoms with Crippen LogP contribution in [0.4, 0.5) is 4.79 Å². The largest absolute Gasteiger partial charge is 0.480 e. The Morgan fingerprint density at radius 3 is 2.52 bits per heavy atom. The number of ether oxygens (including phenoxy) is 1. The highest BCUT2D eigenvalue weighted by Crippen LogP contribution is 2.41. The molecule has 120 valence electrons. The number of aliphatic carboxylic acids is 1. The molecule has 1 aliphatic carbocycles. The van der Waals surface area contributed by atoms with Crippen LogP contribution < -0.4 is 5.73 Å². The number of carboxylic acids is 1. The molecule has 3 N–H and O–H groups in total. The minimum atomic E-state index is -1.02. The van der Waals surface area contributed by atoms with E-state index in [1.165, 1.54) is 4.90 Å². The summed E-state index contributed by atoms with van der Waals surface area (Å²) in [4.78, 5) is 24.8. The zero-order valence-corrected chi connectivity index (χ0v) is 13.0. The van der Waals surface area contributed by atoms with Crippen LogP contribution in [0.2, 0.25) is 0 Å². The van der Waals surface area contributed by atoms with Crippen molar-refractivity contribution in [2.24, 2.45) is 17.1 Å². The molecule has 0 aromatic rings. The summed E-state index contributed by atoms with van der Waals surface area (Å²) in [6.45, 7) is 6.70. The fourth-order valence-corrected chi connectivity index (χ4v) is 3.56. The lowest BCUT2D eigenvalue weighted by Crippen LogP contribution is -2.43. The number of nitrogens with zero attached hydrogens (tertiary/aromatic N) is 1. The third-order valence-corrected chi connectivity index (χ3v) is 4.67. The number of hydrogen-bond donors (Lipinski definition) is 2. The quantitative estimate of drug-likeness (QED) is 0.811. The maximum Gasteiger partial charge on any atom is 0.410 e. The molecule has 6 heteroatoms. The average molecular weight is 298 g/mol. The van der Waals surface area contributed by atoms with Gasteiger partial charge in [0.2, 0.25) is 0 Å². The third kappa shape index (κ3) is 3.48. The molecular weight excluding hydrogens is 272 g/mol. The fourth-order valence-electron chi connectivity index (χ4n) is 3.56. The highest BCUT2D eigenvalue weighted by Gasteiger charge is 2.43. The van der Waals surface area contributed by atoms with E-state index in [0.717, 1.165) is 19.3 Å². The Morgan fingerprint density at radius 2 is 1.95 bits per heavy atom. The van der Waals surface area contributed by atoms with Gasteiger partial charge in [-0.05, 0) is 31.1 Å². The molecular formula is C15H26N2O4. The number of carboxylic acid groups (broad SMARTS) is 1. The number of rotatable bonds is 2. The van der Waals surface area contributed by atoms with Gasteiger partial charge in [0, 0.05) is 18.5 Å². The van der Waals surface area contributed by atoms with Crippen LogP contribution in [0, 0.1) is 11.3 Å². The van der Waals surface area contributed by atoms with Gasteiger partial charge in [0.15, 0.2) is 0 Å². The van der Waals surface area contributed by atoms with Crippen LogP contribution >= 0.6 is 0 Å². The predicted molar refractivity (Wildman–Crippen MR) is 77.8 cm³/mol. The standard InChI is InChI=1S/C15H26N2O4/c1-15(2,3)10-5-4-6-12(10)21-14(20)17-8-9(16)7-11(17)13(18)19/h9-12H,4-8,16H2,1-3H3,(H,18,19)/t9-,10?,11-,12?/m0/s1. The third-order valence-electron chi connectivity index (χ3n) is 4.67. The van der Waals surface area contributed by atoms with Gasteiger partial charge in [-0.3, -0.25) is 4.90 Å². The molecule has 1 heterocycles. The molecule has 0 spiro atoms. The number of carbonyl (C=O) groups is 2. The molecule has 0 bridgehead atoms. The van der Waals surface area contributed by atoms with E-state index < -0.39 is 18.1 Å². The highest BCUT2D eigenvalue weighted by molar-refractivity contribution is 5.81. The van der Waals surface area contributed by atoms with E-state index in [1.54, 1.807) is 0 Å². The molecule has 1 aliphatic heterocycles. The minimum absolute atomic E-state index is 0.0784. The molecule has 1 amide bonds. The number of nitrogens with two attached hydrogens (primary N) is 1. The second kappa shape index (κ2) is 5.83. The van der Waals surface area contributed by atoms with Crippen molar-refractivity contribution >= 4 is 12.1 Å². The lowest BCUT2D eigenvalue weighted by atomic mass is 9.78.